The molecule has 9 nitrogen and oxygen atoms in total. The summed E-state index contributed by atoms with van der Waals surface area (Å²) in [5, 5.41) is 15.3. The summed E-state index contributed by atoms with van der Waals surface area (Å²) in [5.41, 5.74) is 1.87. The number of rotatable bonds is 5. The Morgan fingerprint density at radius 2 is 1.97 bits per heavy atom. The number of cyclic esters (lactones) is 1. The predicted molar refractivity (Wildman–Crippen MR) is 130 cm³/mol. The van der Waals surface area contributed by atoms with Crippen LogP contribution in [0.3, 0.4) is 0 Å². The minimum Gasteiger partial charge on any atom is -0.465 e. The number of esters is 1. The first-order chi connectivity index (χ1) is 16.6. The fraction of sp³-hybridized carbons (Fsp3) is 0.520. The maximum absolute atomic E-state index is 12.5. The molecule has 0 aromatic carbocycles. The molecule has 0 saturated carbocycles. The number of nitrogens with zero attached hydrogens (tertiary/aromatic N) is 4. The highest BCUT2D eigenvalue weighted by Crippen LogP contribution is 2.39. The second-order valence-corrected chi connectivity index (χ2v) is 9.81. The van der Waals surface area contributed by atoms with E-state index in [-0.39, 0.29) is 12.0 Å². The number of H-pyrrole nitrogens is 1. The van der Waals surface area contributed by atoms with E-state index in [2.05, 4.69) is 36.8 Å². The summed E-state index contributed by atoms with van der Waals surface area (Å²) >= 11 is 0. The molecule has 6 rings (SSSR count). The van der Waals surface area contributed by atoms with Gasteiger partial charge < -0.3 is 15.4 Å². The van der Waals surface area contributed by atoms with E-state index in [1.165, 1.54) is 6.42 Å². The van der Waals surface area contributed by atoms with Crippen LogP contribution in [0.4, 0.5) is 17.5 Å². The van der Waals surface area contributed by atoms with Gasteiger partial charge in [0, 0.05) is 47.5 Å². The van der Waals surface area contributed by atoms with Crippen LogP contribution in [0.5, 0.6) is 0 Å². The van der Waals surface area contributed by atoms with Crippen LogP contribution < -0.4 is 10.6 Å². The third-order valence-corrected chi connectivity index (χ3v) is 7.43. The Balaban J connectivity index is 1.25. The molecule has 3 saturated heterocycles. The number of ether oxygens (including phenoxy) is 1. The van der Waals surface area contributed by atoms with E-state index < -0.39 is 0 Å². The number of nitrogens with one attached hydrogen (secondary N) is 3. The second kappa shape index (κ2) is 8.87. The van der Waals surface area contributed by atoms with Crippen LogP contribution >= 0.6 is 0 Å². The van der Waals surface area contributed by atoms with Gasteiger partial charge in [0.2, 0.25) is 0 Å². The Hall–Kier alpha value is -3.20. The molecule has 4 atom stereocenters. The van der Waals surface area contributed by atoms with Crippen molar-refractivity contribution in [1.29, 1.82) is 0 Å². The van der Waals surface area contributed by atoms with E-state index >= 15 is 0 Å². The molecule has 3 fully saturated rings. The average Bonchev–Trinajstić information content (AvgIpc) is 3.23. The van der Waals surface area contributed by atoms with Gasteiger partial charge in [0.25, 0.3) is 0 Å². The zero-order chi connectivity index (χ0) is 23.1. The molecule has 3 aromatic rings. The number of aryl methyl sites for hydroxylation is 1. The SMILES string of the molecule is Cc1cc(Nc2cc3ncccc3c(NC3C[C@H]4CCC[C@@H](C3)N4C3CCCOC3=O)n2)n[nH]1. The van der Waals surface area contributed by atoms with Crippen LogP contribution in [-0.4, -0.2) is 61.8 Å². The molecular weight excluding hydrogens is 430 g/mol. The van der Waals surface area contributed by atoms with E-state index in [9.17, 15) is 4.79 Å². The number of aromatic amines is 1. The third kappa shape index (κ3) is 4.09. The van der Waals surface area contributed by atoms with Gasteiger partial charge in [-0.1, -0.05) is 6.42 Å². The van der Waals surface area contributed by atoms with Gasteiger partial charge in [-0.25, -0.2) is 4.98 Å². The molecule has 2 unspecified atom stereocenters. The molecule has 3 N–H and O–H groups in total. The van der Waals surface area contributed by atoms with Crippen molar-refractivity contribution in [3.05, 3.63) is 36.2 Å². The summed E-state index contributed by atoms with van der Waals surface area (Å²) in [7, 11) is 0. The Labute approximate surface area is 198 Å². The Bertz CT molecular complexity index is 1180. The molecule has 3 aliphatic rings. The van der Waals surface area contributed by atoms with Gasteiger partial charge >= 0.3 is 5.97 Å². The smallest absolute Gasteiger partial charge is 0.323 e. The summed E-state index contributed by atoms with van der Waals surface area (Å²) in [6, 6.07) is 8.94. The molecule has 178 valence electrons. The van der Waals surface area contributed by atoms with Gasteiger partial charge in [0.15, 0.2) is 5.82 Å². The molecule has 0 amide bonds. The first-order valence-electron chi connectivity index (χ1n) is 12.4. The Kier molecular flexibility index (Phi) is 5.57. The van der Waals surface area contributed by atoms with Crippen LogP contribution in [-0.2, 0) is 9.53 Å². The van der Waals surface area contributed by atoms with Crippen LogP contribution in [0.1, 0.15) is 50.6 Å². The van der Waals surface area contributed by atoms with E-state index in [1.54, 1.807) is 6.20 Å². The molecule has 0 radical (unpaired) electrons. The van der Waals surface area contributed by atoms with Gasteiger partial charge in [-0.3, -0.25) is 19.8 Å². The van der Waals surface area contributed by atoms with Gasteiger partial charge in [-0.05, 0) is 57.6 Å². The van der Waals surface area contributed by atoms with Crippen molar-refractivity contribution >= 4 is 34.3 Å². The highest BCUT2D eigenvalue weighted by atomic mass is 16.5. The van der Waals surface area contributed by atoms with Crippen LogP contribution in [0, 0.1) is 6.92 Å². The molecule has 34 heavy (non-hydrogen) atoms. The quantitative estimate of drug-likeness (QED) is 0.491. The number of piperidine rings is 2. The van der Waals surface area contributed by atoms with E-state index in [4.69, 9.17) is 9.72 Å². The van der Waals surface area contributed by atoms with Gasteiger partial charge in [0.1, 0.15) is 17.7 Å². The zero-order valence-electron chi connectivity index (χ0n) is 19.5. The minimum atomic E-state index is -0.0713. The van der Waals surface area contributed by atoms with Crippen molar-refractivity contribution in [3.63, 3.8) is 0 Å². The predicted octanol–water partition coefficient (Wildman–Crippen LogP) is 3.91. The number of carbonyl (C=O) groups excluding carboxylic acids is 1. The van der Waals surface area contributed by atoms with Gasteiger partial charge in [-0.2, -0.15) is 5.10 Å². The summed E-state index contributed by atoms with van der Waals surface area (Å²) in [6.45, 7) is 2.54. The van der Waals surface area contributed by atoms with Gasteiger partial charge in [-0.15, -0.1) is 0 Å². The topological polar surface area (TPSA) is 108 Å². The van der Waals surface area contributed by atoms with Crippen LogP contribution in [0.2, 0.25) is 0 Å². The normalized spacial score (nSPS) is 27.4. The Morgan fingerprint density at radius 1 is 1.12 bits per heavy atom. The minimum absolute atomic E-state index is 0.0272. The first-order valence-corrected chi connectivity index (χ1v) is 12.4. The summed E-state index contributed by atoms with van der Waals surface area (Å²) < 4.78 is 5.42. The lowest BCUT2D eigenvalue weighted by Crippen LogP contribution is -2.61. The number of carbonyl (C=O) groups is 1. The number of aromatic nitrogens is 4. The third-order valence-electron chi connectivity index (χ3n) is 7.43. The molecule has 6 heterocycles. The molecule has 9 heteroatoms. The van der Waals surface area contributed by atoms with Crippen molar-refractivity contribution in [2.75, 3.05) is 17.2 Å². The fourth-order valence-corrected chi connectivity index (χ4v) is 6.03. The fourth-order valence-electron chi connectivity index (χ4n) is 6.03. The molecular formula is C25H31N7O2. The number of hydrogen-bond donors (Lipinski definition) is 3. The summed E-state index contributed by atoms with van der Waals surface area (Å²) in [4.78, 5) is 24.5. The van der Waals surface area contributed by atoms with Crippen molar-refractivity contribution in [3.8, 4) is 0 Å². The lowest BCUT2D eigenvalue weighted by molar-refractivity contribution is -0.160. The second-order valence-electron chi connectivity index (χ2n) is 9.81. The van der Waals surface area contributed by atoms with E-state index in [0.29, 0.717) is 30.6 Å². The molecule has 3 aromatic heterocycles. The van der Waals surface area contributed by atoms with Crippen molar-refractivity contribution in [2.45, 2.75) is 76.0 Å². The molecule has 2 bridgehead atoms. The number of anilines is 3. The lowest BCUT2D eigenvalue weighted by atomic mass is 9.80. The Morgan fingerprint density at radius 3 is 2.74 bits per heavy atom. The highest BCUT2D eigenvalue weighted by molar-refractivity contribution is 5.91. The van der Waals surface area contributed by atoms with Gasteiger partial charge in [0.05, 0.1) is 12.1 Å². The number of hydrogen-bond acceptors (Lipinski definition) is 8. The average molecular weight is 462 g/mol. The number of fused-ring (bicyclic) bond motifs is 3. The van der Waals surface area contributed by atoms with E-state index in [1.807, 2.05) is 25.1 Å². The van der Waals surface area contributed by atoms with Crippen molar-refractivity contribution in [1.82, 2.24) is 25.1 Å². The molecule has 0 aliphatic carbocycles. The summed E-state index contributed by atoms with van der Waals surface area (Å²) in [5.74, 6) is 2.26. The van der Waals surface area contributed by atoms with Crippen LogP contribution in [0.15, 0.2) is 30.5 Å². The number of pyridine rings is 2. The maximum Gasteiger partial charge on any atom is 0.323 e. The molecule has 0 spiro atoms. The monoisotopic (exact) mass is 461 g/mol. The van der Waals surface area contributed by atoms with Crippen LogP contribution in [0.25, 0.3) is 10.9 Å². The zero-order valence-corrected chi connectivity index (χ0v) is 19.5. The highest BCUT2D eigenvalue weighted by Gasteiger charge is 2.45. The van der Waals surface area contributed by atoms with Crippen molar-refractivity contribution in [2.24, 2.45) is 0 Å². The maximum atomic E-state index is 12.5. The van der Waals surface area contributed by atoms with Crippen molar-refractivity contribution < 1.29 is 9.53 Å². The largest absolute Gasteiger partial charge is 0.465 e. The standard InChI is InChI=1S/C25H31N7O2/c1-15-11-23(31-30-15)28-22-14-20-19(7-3-9-26-20)24(29-22)27-16-12-17-5-2-6-18(13-16)32(17)21-8-4-10-34-25(21)33/h3,7,9,11,14,16-18,21H,2,4-6,8,10,12-13H2,1H3,(H3,27,28,29,30,31)/t16?,17-,18+,21?. The first kappa shape index (κ1) is 21.3. The van der Waals surface area contributed by atoms with E-state index in [0.717, 1.165) is 66.8 Å². The lowest BCUT2D eigenvalue weighted by Gasteiger charge is -2.52. The summed E-state index contributed by atoms with van der Waals surface area (Å²) in [6.07, 6.45) is 9.19. The molecule has 3 aliphatic heterocycles.